The summed E-state index contributed by atoms with van der Waals surface area (Å²) in [5.74, 6) is 0.605. The molecule has 1 rings (SSSR count). The average Bonchev–Trinajstić information content (AvgIpc) is 2.38. The lowest BCUT2D eigenvalue weighted by molar-refractivity contribution is -0.118. The Morgan fingerprint density at radius 3 is 3.00 bits per heavy atom. The molecule has 0 aliphatic rings. The van der Waals surface area contributed by atoms with E-state index in [1.54, 1.807) is 7.11 Å². The molecule has 94 valence electrons. The molecule has 0 spiro atoms. The van der Waals surface area contributed by atoms with Crippen LogP contribution in [0.1, 0.15) is 5.56 Å². The number of carbonyl (C=O) groups excluding carboxylic acids is 1. The van der Waals surface area contributed by atoms with Crippen molar-refractivity contribution in [1.82, 2.24) is 5.32 Å². The number of hydrogen-bond donors (Lipinski definition) is 1. The summed E-state index contributed by atoms with van der Waals surface area (Å²) >= 11 is 5.33. The van der Waals surface area contributed by atoms with E-state index >= 15 is 0 Å². The van der Waals surface area contributed by atoms with E-state index in [-0.39, 0.29) is 11.8 Å². The van der Waals surface area contributed by atoms with E-state index in [9.17, 15) is 4.79 Å². The van der Waals surface area contributed by atoms with Gasteiger partial charge in [0.25, 0.3) is 0 Å². The predicted molar refractivity (Wildman–Crippen MR) is 66.4 cm³/mol. The number of halogens is 1. The minimum Gasteiger partial charge on any atom is -0.497 e. The molecule has 0 saturated carbocycles. The van der Waals surface area contributed by atoms with Crippen LogP contribution in [0.2, 0.25) is 0 Å². The van der Waals surface area contributed by atoms with Gasteiger partial charge in [0, 0.05) is 6.54 Å². The Morgan fingerprint density at radius 1 is 1.47 bits per heavy atom. The molecule has 1 amide bonds. The van der Waals surface area contributed by atoms with Gasteiger partial charge in [0.2, 0.25) is 5.91 Å². The van der Waals surface area contributed by atoms with Crippen molar-refractivity contribution in [2.75, 3.05) is 26.1 Å². The first-order chi connectivity index (χ1) is 8.26. The molecule has 1 aromatic rings. The summed E-state index contributed by atoms with van der Waals surface area (Å²) in [5, 5.41) is 2.62. The highest BCUT2D eigenvalue weighted by molar-refractivity contribution is 6.27. The van der Waals surface area contributed by atoms with E-state index in [4.69, 9.17) is 21.1 Å². The average molecular weight is 258 g/mol. The zero-order chi connectivity index (χ0) is 12.5. The Labute approximate surface area is 106 Å². The Morgan fingerprint density at radius 2 is 2.29 bits per heavy atom. The van der Waals surface area contributed by atoms with Crippen molar-refractivity contribution in [3.05, 3.63) is 29.8 Å². The van der Waals surface area contributed by atoms with Gasteiger partial charge in [-0.1, -0.05) is 12.1 Å². The van der Waals surface area contributed by atoms with Crippen LogP contribution >= 0.6 is 11.6 Å². The number of alkyl halides is 1. The van der Waals surface area contributed by atoms with E-state index in [0.29, 0.717) is 19.8 Å². The predicted octanol–water partition coefficient (Wildman–Crippen LogP) is 1.57. The SMILES string of the molecule is COc1cccc(COCCNC(=O)CCl)c1. The monoisotopic (exact) mass is 257 g/mol. The third-order valence-electron chi connectivity index (χ3n) is 2.09. The quantitative estimate of drug-likeness (QED) is 0.596. The van der Waals surface area contributed by atoms with Crippen molar-refractivity contribution in [2.24, 2.45) is 0 Å². The maximum Gasteiger partial charge on any atom is 0.235 e. The number of benzene rings is 1. The van der Waals surface area contributed by atoms with Crippen molar-refractivity contribution in [3.63, 3.8) is 0 Å². The van der Waals surface area contributed by atoms with Gasteiger partial charge in [-0.2, -0.15) is 0 Å². The molecule has 0 saturated heterocycles. The summed E-state index contributed by atoms with van der Waals surface area (Å²) in [4.78, 5) is 10.8. The molecule has 0 aliphatic carbocycles. The lowest BCUT2D eigenvalue weighted by Crippen LogP contribution is -2.28. The third-order valence-corrected chi connectivity index (χ3v) is 2.34. The zero-order valence-electron chi connectivity index (χ0n) is 9.74. The van der Waals surface area contributed by atoms with Crippen LogP contribution in [0, 0.1) is 0 Å². The molecule has 0 aromatic heterocycles. The molecule has 0 heterocycles. The number of hydrogen-bond acceptors (Lipinski definition) is 3. The molecule has 5 heteroatoms. The van der Waals surface area contributed by atoms with E-state index in [2.05, 4.69) is 5.32 Å². The second kappa shape index (κ2) is 7.92. The molecule has 4 nitrogen and oxygen atoms in total. The number of methoxy groups -OCH3 is 1. The van der Waals surface area contributed by atoms with Gasteiger partial charge in [-0.15, -0.1) is 11.6 Å². The van der Waals surface area contributed by atoms with Crippen LogP contribution in [0.25, 0.3) is 0 Å². The Bertz CT molecular complexity index is 357. The first-order valence-electron chi connectivity index (χ1n) is 5.29. The third kappa shape index (κ3) is 5.56. The van der Waals surface area contributed by atoms with Crippen molar-refractivity contribution >= 4 is 17.5 Å². The first kappa shape index (κ1) is 13.8. The van der Waals surface area contributed by atoms with Gasteiger partial charge in [0.1, 0.15) is 11.6 Å². The highest BCUT2D eigenvalue weighted by atomic mass is 35.5. The van der Waals surface area contributed by atoms with Crippen LogP contribution in [0.4, 0.5) is 0 Å². The van der Waals surface area contributed by atoms with Gasteiger partial charge < -0.3 is 14.8 Å². The molecular formula is C12H16ClNO3. The van der Waals surface area contributed by atoms with Gasteiger partial charge in [0.05, 0.1) is 20.3 Å². The molecule has 0 fully saturated rings. The van der Waals surface area contributed by atoms with Crippen LogP contribution in [0.3, 0.4) is 0 Å². The first-order valence-corrected chi connectivity index (χ1v) is 5.83. The molecule has 0 bridgehead atoms. The summed E-state index contributed by atoms with van der Waals surface area (Å²) in [6.07, 6.45) is 0. The fraction of sp³-hybridized carbons (Fsp3) is 0.417. The number of amides is 1. The molecule has 17 heavy (non-hydrogen) atoms. The highest BCUT2D eigenvalue weighted by Crippen LogP contribution is 2.12. The molecule has 1 N–H and O–H groups in total. The summed E-state index contributed by atoms with van der Waals surface area (Å²) < 4.78 is 10.5. The topological polar surface area (TPSA) is 47.6 Å². The number of nitrogens with one attached hydrogen (secondary N) is 1. The van der Waals surface area contributed by atoms with Crippen molar-refractivity contribution in [2.45, 2.75) is 6.61 Å². The lowest BCUT2D eigenvalue weighted by Gasteiger charge is -2.06. The summed E-state index contributed by atoms with van der Waals surface area (Å²) in [6.45, 7) is 1.42. The smallest absolute Gasteiger partial charge is 0.235 e. The van der Waals surface area contributed by atoms with Gasteiger partial charge in [-0.05, 0) is 17.7 Å². The molecular weight excluding hydrogens is 242 g/mol. The maximum absolute atomic E-state index is 10.8. The number of rotatable bonds is 7. The van der Waals surface area contributed by atoms with Crippen molar-refractivity contribution < 1.29 is 14.3 Å². The van der Waals surface area contributed by atoms with Crippen LogP contribution < -0.4 is 10.1 Å². The van der Waals surface area contributed by atoms with Crippen LogP contribution in [0.15, 0.2) is 24.3 Å². The van der Waals surface area contributed by atoms with Gasteiger partial charge >= 0.3 is 0 Å². The Balaban J connectivity index is 2.19. The Kier molecular flexibility index (Phi) is 6.43. The molecule has 0 unspecified atom stereocenters. The van der Waals surface area contributed by atoms with Gasteiger partial charge in [-0.25, -0.2) is 0 Å². The van der Waals surface area contributed by atoms with E-state index in [0.717, 1.165) is 11.3 Å². The minimum atomic E-state index is -0.184. The second-order valence-corrected chi connectivity index (χ2v) is 3.65. The molecule has 0 radical (unpaired) electrons. The summed E-state index contributed by atoms with van der Waals surface area (Å²) in [6, 6.07) is 7.66. The second-order valence-electron chi connectivity index (χ2n) is 3.39. The normalized spacial score (nSPS) is 10.0. The molecule has 0 atom stereocenters. The largest absolute Gasteiger partial charge is 0.497 e. The van der Waals surface area contributed by atoms with E-state index in [1.807, 2.05) is 24.3 Å². The fourth-order valence-electron chi connectivity index (χ4n) is 1.26. The standard InChI is InChI=1S/C12H16ClNO3/c1-16-11-4-2-3-10(7-11)9-17-6-5-14-12(15)8-13/h2-4,7H,5-6,8-9H2,1H3,(H,14,15). The van der Waals surface area contributed by atoms with E-state index in [1.165, 1.54) is 0 Å². The van der Waals surface area contributed by atoms with Crippen LogP contribution in [-0.2, 0) is 16.1 Å². The zero-order valence-corrected chi connectivity index (χ0v) is 10.5. The molecule has 0 aliphatic heterocycles. The number of carbonyl (C=O) groups is 1. The highest BCUT2D eigenvalue weighted by Gasteiger charge is 1.98. The number of ether oxygens (including phenoxy) is 2. The van der Waals surface area contributed by atoms with Gasteiger partial charge in [0.15, 0.2) is 0 Å². The lowest BCUT2D eigenvalue weighted by atomic mass is 10.2. The van der Waals surface area contributed by atoms with Crippen LogP contribution in [-0.4, -0.2) is 32.0 Å². The summed E-state index contributed by atoms with van der Waals surface area (Å²) in [5.41, 5.74) is 1.04. The van der Waals surface area contributed by atoms with Crippen LogP contribution in [0.5, 0.6) is 5.75 Å². The van der Waals surface area contributed by atoms with Gasteiger partial charge in [-0.3, -0.25) is 4.79 Å². The van der Waals surface area contributed by atoms with E-state index < -0.39 is 0 Å². The summed E-state index contributed by atoms with van der Waals surface area (Å²) in [7, 11) is 1.63. The van der Waals surface area contributed by atoms with Crippen molar-refractivity contribution in [3.8, 4) is 5.75 Å². The fourth-order valence-corrected chi connectivity index (χ4v) is 1.36. The Hall–Kier alpha value is -1.26. The minimum absolute atomic E-state index is 0.0180. The van der Waals surface area contributed by atoms with Crippen molar-refractivity contribution in [1.29, 1.82) is 0 Å². The maximum atomic E-state index is 10.8. The molecule has 1 aromatic carbocycles.